The van der Waals surface area contributed by atoms with Crippen LogP contribution >= 0.6 is 0 Å². The van der Waals surface area contributed by atoms with Gasteiger partial charge in [0, 0.05) is 20.6 Å². The van der Waals surface area contributed by atoms with Crippen molar-refractivity contribution in [3.63, 3.8) is 0 Å². The number of hydrogen-bond acceptors (Lipinski definition) is 7. The molecule has 0 aliphatic heterocycles. The average molecular weight is 572 g/mol. The Hall–Kier alpha value is -2.85. The maximum Gasteiger partial charge on any atom is 0.407 e. The van der Waals surface area contributed by atoms with Crippen LogP contribution in [0.2, 0.25) is 19.6 Å². The molecule has 1 N–H and O–H groups in total. The van der Waals surface area contributed by atoms with Gasteiger partial charge in [-0.1, -0.05) is 36.4 Å². The number of carbonyl (C=O) groups excluding carboxylic acids is 1. The van der Waals surface area contributed by atoms with Crippen molar-refractivity contribution in [2.75, 3.05) is 35.0 Å². The molecule has 1 aliphatic rings. The second-order valence-corrected chi connectivity index (χ2v) is 15.3. The van der Waals surface area contributed by atoms with Gasteiger partial charge in [0.1, 0.15) is 12.2 Å². The summed E-state index contributed by atoms with van der Waals surface area (Å²) in [5.74, 6) is 1.18. The molecular formula is C31H45NO7Si. The van der Waals surface area contributed by atoms with Gasteiger partial charge in [0.25, 0.3) is 0 Å². The second-order valence-electron chi connectivity index (χ2n) is 10.9. The van der Waals surface area contributed by atoms with Crippen LogP contribution in [-0.2, 0) is 37.3 Å². The van der Waals surface area contributed by atoms with E-state index in [1.165, 1.54) is 0 Å². The normalized spacial score (nSPS) is 15.2. The summed E-state index contributed by atoms with van der Waals surface area (Å²) >= 11 is 0. The molecule has 9 heteroatoms. The lowest BCUT2D eigenvalue weighted by atomic mass is 9.78. The van der Waals surface area contributed by atoms with Crippen molar-refractivity contribution in [1.82, 2.24) is 5.32 Å². The van der Waals surface area contributed by atoms with Crippen LogP contribution in [0, 0.1) is 0 Å². The Labute approximate surface area is 240 Å². The molecule has 0 spiro atoms. The minimum atomic E-state index is -2.20. The van der Waals surface area contributed by atoms with E-state index in [0.717, 1.165) is 47.9 Å². The highest BCUT2D eigenvalue weighted by molar-refractivity contribution is 6.69. The van der Waals surface area contributed by atoms with E-state index in [0.29, 0.717) is 17.9 Å². The summed E-state index contributed by atoms with van der Waals surface area (Å²) in [6.45, 7) is 6.86. The van der Waals surface area contributed by atoms with E-state index in [1.54, 1.807) is 28.4 Å². The Morgan fingerprint density at radius 2 is 1.65 bits per heavy atom. The van der Waals surface area contributed by atoms with Gasteiger partial charge >= 0.3 is 6.09 Å². The van der Waals surface area contributed by atoms with E-state index in [9.17, 15) is 4.79 Å². The van der Waals surface area contributed by atoms with Crippen LogP contribution in [0.25, 0.3) is 0 Å². The maximum absolute atomic E-state index is 13.0. The van der Waals surface area contributed by atoms with Gasteiger partial charge in [-0.05, 0) is 79.7 Å². The predicted octanol–water partition coefficient (Wildman–Crippen LogP) is 6.34. The summed E-state index contributed by atoms with van der Waals surface area (Å²) in [6, 6.07) is 13.6. The molecular weight excluding hydrogens is 526 g/mol. The van der Waals surface area contributed by atoms with Gasteiger partial charge in [0.15, 0.2) is 26.1 Å². The quantitative estimate of drug-likeness (QED) is 0.161. The number of rotatable bonds is 14. The monoisotopic (exact) mass is 571 g/mol. The first-order valence-electron chi connectivity index (χ1n) is 13.8. The third-order valence-electron chi connectivity index (χ3n) is 6.94. The molecule has 0 aromatic heterocycles. The third-order valence-corrected chi connectivity index (χ3v) is 7.90. The number of nitrogens with one attached hydrogen (secondary N) is 1. The van der Waals surface area contributed by atoms with Crippen LogP contribution in [0.3, 0.4) is 0 Å². The van der Waals surface area contributed by atoms with Crippen molar-refractivity contribution in [1.29, 1.82) is 0 Å². The van der Waals surface area contributed by atoms with Gasteiger partial charge in [0.2, 0.25) is 0 Å². The van der Waals surface area contributed by atoms with Crippen LogP contribution < -0.4 is 14.8 Å². The van der Waals surface area contributed by atoms with Gasteiger partial charge in [-0.15, -0.1) is 0 Å². The molecule has 0 heterocycles. The number of benzene rings is 2. The molecule has 0 fully saturated rings. The van der Waals surface area contributed by atoms with Crippen LogP contribution in [0.15, 0.2) is 54.1 Å². The molecule has 2 aromatic carbocycles. The number of methoxy groups -OCH3 is 4. The lowest BCUT2D eigenvalue weighted by molar-refractivity contribution is -0.101. The Morgan fingerprint density at radius 3 is 2.23 bits per heavy atom. The SMILES string of the molecule is COc1cc(CC(OC)OC)c(C(CNC(=O)OCc2ccccc2)(O[Si](C)(C)C)C2=CCCCC2)cc1OC. The number of amides is 1. The zero-order valence-electron chi connectivity index (χ0n) is 25.0. The molecule has 1 atom stereocenters. The van der Waals surface area contributed by atoms with Gasteiger partial charge in [0.05, 0.1) is 20.8 Å². The summed E-state index contributed by atoms with van der Waals surface area (Å²) in [6.07, 6.45) is 5.71. The van der Waals surface area contributed by atoms with E-state index in [4.69, 9.17) is 28.1 Å². The Balaban J connectivity index is 2.12. The number of alkyl carbamates (subject to hydrolysis) is 1. The standard InChI is InChI=1S/C31H45NO7Si/c1-34-27-18-24(19-29(36-3)37-4)26(20-28(27)35-2)31(39-40(5,6)7,25-16-12-9-13-17-25)22-32-30(33)38-21-23-14-10-8-11-15-23/h8,10-11,14-16,18,20,29H,9,12-13,17,19,21-22H2,1-7H3,(H,32,33). The van der Waals surface area contributed by atoms with Gasteiger partial charge in [-0.25, -0.2) is 4.79 Å². The Bertz CT molecular complexity index is 1130. The van der Waals surface area contributed by atoms with E-state index < -0.39 is 26.3 Å². The van der Waals surface area contributed by atoms with Gasteiger partial charge in [-0.3, -0.25) is 0 Å². The first-order chi connectivity index (χ1) is 19.2. The smallest absolute Gasteiger partial charge is 0.407 e. The van der Waals surface area contributed by atoms with Crippen LogP contribution in [0.4, 0.5) is 4.79 Å². The minimum absolute atomic E-state index is 0.183. The number of hydrogen-bond donors (Lipinski definition) is 1. The number of ether oxygens (including phenoxy) is 5. The lowest BCUT2D eigenvalue weighted by Crippen LogP contribution is -2.50. The fourth-order valence-electron chi connectivity index (χ4n) is 5.15. The van der Waals surface area contributed by atoms with Crippen LogP contribution in [-0.4, -0.2) is 55.7 Å². The second kappa shape index (κ2) is 14.7. The molecule has 40 heavy (non-hydrogen) atoms. The van der Waals surface area contributed by atoms with Crippen molar-refractivity contribution < 1.29 is 32.9 Å². The van der Waals surface area contributed by atoms with Gasteiger partial charge < -0.3 is 33.4 Å². The van der Waals surface area contributed by atoms with E-state index in [-0.39, 0.29) is 13.2 Å². The molecule has 0 saturated carbocycles. The zero-order chi connectivity index (χ0) is 29.2. The predicted molar refractivity (Wildman–Crippen MR) is 158 cm³/mol. The largest absolute Gasteiger partial charge is 0.493 e. The van der Waals surface area contributed by atoms with Crippen molar-refractivity contribution >= 4 is 14.4 Å². The lowest BCUT2D eigenvalue weighted by Gasteiger charge is -2.44. The topological polar surface area (TPSA) is 84.5 Å². The summed E-state index contributed by atoms with van der Waals surface area (Å²) < 4.78 is 35.3. The molecule has 2 aromatic rings. The molecule has 1 amide bonds. The molecule has 0 bridgehead atoms. The van der Waals surface area contributed by atoms with Crippen LogP contribution in [0.1, 0.15) is 42.4 Å². The maximum atomic E-state index is 13.0. The first kappa shape index (κ1) is 31.7. The van der Waals surface area contributed by atoms with Crippen molar-refractivity contribution in [3.05, 3.63) is 70.8 Å². The minimum Gasteiger partial charge on any atom is -0.493 e. The number of allylic oxidation sites excluding steroid dienone is 1. The average Bonchev–Trinajstić information content (AvgIpc) is 2.97. The van der Waals surface area contributed by atoms with E-state index >= 15 is 0 Å². The highest BCUT2D eigenvalue weighted by atomic mass is 28.4. The summed E-state index contributed by atoms with van der Waals surface area (Å²) in [5, 5.41) is 3.05. The van der Waals surface area contributed by atoms with Crippen LogP contribution in [0.5, 0.6) is 11.5 Å². The fourth-order valence-corrected chi connectivity index (χ4v) is 6.50. The number of carbonyl (C=O) groups is 1. The fraction of sp³-hybridized carbons (Fsp3) is 0.516. The molecule has 1 unspecified atom stereocenters. The molecule has 0 saturated heterocycles. The van der Waals surface area contributed by atoms with Gasteiger partial charge in [-0.2, -0.15) is 0 Å². The first-order valence-corrected chi connectivity index (χ1v) is 17.2. The molecule has 3 rings (SSSR count). The van der Waals surface area contributed by atoms with E-state index in [1.807, 2.05) is 42.5 Å². The Morgan fingerprint density at radius 1 is 0.975 bits per heavy atom. The third kappa shape index (κ3) is 8.33. The molecule has 1 aliphatic carbocycles. The van der Waals surface area contributed by atoms with Crippen molar-refractivity contribution in [2.24, 2.45) is 0 Å². The highest BCUT2D eigenvalue weighted by Crippen LogP contribution is 2.45. The molecule has 220 valence electrons. The molecule has 0 radical (unpaired) electrons. The summed E-state index contributed by atoms with van der Waals surface area (Å²) in [4.78, 5) is 13.0. The van der Waals surface area contributed by atoms with E-state index in [2.05, 4.69) is 31.0 Å². The van der Waals surface area contributed by atoms with Crippen molar-refractivity contribution in [2.45, 2.75) is 70.2 Å². The highest BCUT2D eigenvalue weighted by Gasteiger charge is 2.44. The zero-order valence-corrected chi connectivity index (χ0v) is 26.0. The van der Waals surface area contributed by atoms with Crippen molar-refractivity contribution in [3.8, 4) is 11.5 Å². The molecule has 8 nitrogen and oxygen atoms in total. The summed E-state index contributed by atoms with van der Waals surface area (Å²) in [5.41, 5.74) is 2.94. The summed E-state index contributed by atoms with van der Waals surface area (Å²) in [7, 11) is 4.28. The Kier molecular flexibility index (Phi) is 11.6.